The Kier molecular flexibility index (Phi) is 15.5. The van der Waals surface area contributed by atoms with Gasteiger partial charge in [-0.05, 0) is 111 Å². The van der Waals surface area contributed by atoms with Gasteiger partial charge in [0.2, 0.25) is 0 Å². The Morgan fingerprint density at radius 1 is 1.18 bits per heavy atom. The molecule has 1 aliphatic carbocycles. The Bertz CT molecular complexity index is 1420. The van der Waals surface area contributed by atoms with Crippen molar-refractivity contribution < 1.29 is 32.6 Å². The first kappa shape index (κ1) is 37.8. The Hall–Kier alpha value is -3.43. The number of benzene rings is 2. The maximum absolute atomic E-state index is 11.4. The van der Waals surface area contributed by atoms with Crippen LogP contribution < -0.4 is 10.1 Å². The number of carbonyl (C=O) groups is 1. The quantitative estimate of drug-likeness (QED) is 0.170. The molecular weight excluding hydrogens is 593 g/mol. The van der Waals surface area contributed by atoms with Crippen molar-refractivity contribution in [1.29, 1.82) is 0 Å². The number of nitrogens with one attached hydrogen (secondary N) is 1. The largest absolute Gasteiger partial charge is 0.491 e. The Morgan fingerprint density at radius 3 is 2.53 bits per heavy atom. The number of unbranched alkanes of at least 4 members (excludes halogenated alkanes) is 1. The maximum atomic E-state index is 11.4. The summed E-state index contributed by atoms with van der Waals surface area (Å²) in [6.45, 7) is 10.2. The van der Waals surface area contributed by atoms with Gasteiger partial charge >= 0.3 is 5.97 Å². The number of carboxylic acid groups (broad SMARTS) is 1. The lowest BCUT2D eigenvalue weighted by Gasteiger charge is -2.31. The second kappa shape index (κ2) is 18.5. The molecule has 4 rings (SSSR count). The number of sulfone groups is 1. The third kappa shape index (κ3) is 12.8. The first-order chi connectivity index (χ1) is 21.4. The summed E-state index contributed by atoms with van der Waals surface area (Å²) in [6.07, 6.45) is 13.1. The summed E-state index contributed by atoms with van der Waals surface area (Å²) in [7, 11) is -2.47. The number of rotatable bonds is 12. The first-order valence-electron chi connectivity index (χ1n) is 15.5. The normalized spacial score (nSPS) is 18.1. The van der Waals surface area contributed by atoms with Gasteiger partial charge in [0.1, 0.15) is 18.0 Å². The van der Waals surface area contributed by atoms with Crippen molar-refractivity contribution in [3.05, 3.63) is 101 Å². The van der Waals surface area contributed by atoms with Crippen LogP contribution in [0.5, 0.6) is 5.75 Å². The molecule has 248 valence electrons. The van der Waals surface area contributed by atoms with Gasteiger partial charge in [-0.15, -0.1) is 0 Å². The molecule has 7 nitrogen and oxygen atoms in total. The molecule has 0 radical (unpaired) electrons. The molecule has 1 saturated heterocycles. The fourth-order valence-corrected chi connectivity index (χ4v) is 7.03. The zero-order valence-corrected chi connectivity index (χ0v) is 28.0. The molecule has 2 aliphatic rings. The summed E-state index contributed by atoms with van der Waals surface area (Å²) in [5.74, 6) is 0.0851. The average Bonchev–Trinajstić information content (AvgIpc) is 3.42. The number of hydrogen-bond donors (Lipinski definition) is 3. The number of hydrogen-bond acceptors (Lipinski definition) is 6. The number of allylic oxidation sites excluding steroid dienone is 4. The van der Waals surface area contributed by atoms with Crippen molar-refractivity contribution in [3.63, 3.8) is 0 Å². The number of carboxylic acids is 1. The van der Waals surface area contributed by atoms with Gasteiger partial charge in [0.15, 0.2) is 9.84 Å². The van der Waals surface area contributed by atoms with Crippen LogP contribution >= 0.6 is 0 Å². The smallest absolute Gasteiger partial charge is 0.303 e. The Labute approximate surface area is 268 Å². The molecule has 2 aromatic carbocycles. The van der Waals surface area contributed by atoms with Crippen LogP contribution in [0.4, 0.5) is 4.39 Å². The van der Waals surface area contributed by atoms with E-state index in [0.717, 1.165) is 42.7 Å². The number of fused-ring (bicyclic) bond motifs is 1. The van der Waals surface area contributed by atoms with Gasteiger partial charge in [-0.2, -0.15) is 0 Å². The highest BCUT2D eigenvalue weighted by atomic mass is 32.2. The van der Waals surface area contributed by atoms with Gasteiger partial charge in [-0.25, -0.2) is 8.42 Å². The Balaban J connectivity index is 0.000000300. The minimum absolute atomic E-state index is 0.0425. The third-order valence-electron chi connectivity index (χ3n) is 7.99. The summed E-state index contributed by atoms with van der Waals surface area (Å²) >= 11 is 0. The monoisotopic (exact) mass is 643 g/mol. The van der Waals surface area contributed by atoms with Crippen LogP contribution in [-0.4, -0.2) is 55.5 Å². The van der Waals surface area contributed by atoms with E-state index in [9.17, 15) is 22.7 Å². The van der Waals surface area contributed by atoms with Crippen LogP contribution in [0.3, 0.4) is 0 Å². The Morgan fingerprint density at radius 2 is 1.89 bits per heavy atom. The molecule has 0 bridgehead atoms. The summed E-state index contributed by atoms with van der Waals surface area (Å²) < 4.78 is 38.0. The lowest BCUT2D eigenvalue weighted by Crippen LogP contribution is -2.43. The summed E-state index contributed by atoms with van der Waals surface area (Å²) in [4.78, 5) is 10.5. The number of ether oxygens (including phenoxy) is 1. The zero-order valence-electron chi connectivity index (χ0n) is 27.1. The summed E-state index contributed by atoms with van der Waals surface area (Å²) in [5, 5.41) is 22.6. The van der Waals surface area contributed by atoms with E-state index in [2.05, 4.69) is 50.0 Å². The van der Waals surface area contributed by atoms with E-state index in [1.807, 2.05) is 37.3 Å². The van der Waals surface area contributed by atoms with Crippen molar-refractivity contribution >= 4 is 15.8 Å². The SMILES string of the molecule is C=C/C=C(\C=C/CCCC(=O)O)NC1CCc2c(C)cccc21.CCc1cc(C)cc(OCC2(O)CCS(=O)(=O)CC2)c1.CF. The van der Waals surface area contributed by atoms with E-state index in [1.165, 1.54) is 22.3 Å². The van der Waals surface area contributed by atoms with Crippen LogP contribution in [0, 0.1) is 13.8 Å². The van der Waals surface area contributed by atoms with Crippen LogP contribution in [0.1, 0.15) is 79.3 Å². The fraction of sp³-hybridized carbons (Fsp3) is 0.472. The number of aliphatic carboxylic acids is 1. The minimum Gasteiger partial charge on any atom is -0.491 e. The van der Waals surface area contributed by atoms with Gasteiger partial charge in [0.25, 0.3) is 0 Å². The second-order valence-electron chi connectivity index (χ2n) is 11.6. The molecule has 0 amide bonds. The number of aliphatic hydroxyl groups is 1. The number of aryl methyl sites for hydroxylation is 3. The molecule has 3 N–H and O–H groups in total. The molecule has 1 unspecified atom stereocenters. The molecule has 1 fully saturated rings. The predicted octanol–water partition coefficient (Wildman–Crippen LogP) is 6.91. The van der Waals surface area contributed by atoms with Crippen molar-refractivity contribution in [1.82, 2.24) is 5.32 Å². The van der Waals surface area contributed by atoms with Crippen LogP contribution in [-0.2, 0) is 27.5 Å². The van der Waals surface area contributed by atoms with Crippen molar-refractivity contribution in [3.8, 4) is 5.75 Å². The highest BCUT2D eigenvalue weighted by Crippen LogP contribution is 2.33. The highest BCUT2D eigenvalue weighted by Gasteiger charge is 2.36. The van der Waals surface area contributed by atoms with Crippen molar-refractivity contribution in [2.75, 3.05) is 25.3 Å². The molecular formula is C36H50FNO6S. The van der Waals surface area contributed by atoms with E-state index in [4.69, 9.17) is 9.84 Å². The summed E-state index contributed by atoms with van der Waals surface area (Å²) in [6, 6.07) is 12.8. The van der Waals surface area contributed by atoms with E-state index < -0.39 is 21.4 Å². The zero-order chi connectivity index (χ0) is 33.5. The lowest BCUT2D eigenvalue weighted by atomic mass is 9.98. The van der Waals surface area contributed by atoms with Gasteiger partial charge in [-0.3, -0.25) is 9.18 Å². The van der Waals surface area contributed by atoms with E-state index in [-0.39, 0.29) is 37.4 Å². The fourth-order valence-electron chi connectivity index (χ4n) is 5.44. The lowest BCUT2D eigenvalue weighted by molar-refractivity contribution is -0.137. The van der Waals surface area contributed by atoms with Crippen molar-refractivity contribution in [2.45, 2.75) is 83.8 Å². The van der Waals surface area contributed by atoms with Gasteiger partial charge < -0.3 is 20.3 Å². The molecule has 0 spiro atoms. The molecule has 0 aromatic heterocycles. The number of alkyl halides is 1. The van der Waals surface area contributed by atoms with Crippen LogP contribution in [0.2, 0.25) is 0 Å². The van der Waals surface area contributed by atoms with E-state index >= 15 is 0 Å². The first-order valence-corrected chi connectivity index (χ1v) is 17.4. The predicted molar refractivity (Wildman–Crippen MR) is 180 cm³/mol. The van der Waals surface area contributed by atoms with E-state index in [0.29, 0.717) is 19.6 Å². The molecule has 1 heterocycles. The number of halogens is 1. The molecule has 1 aliphatic heterocycles. The molecule has 2 aromatic rings. The van der Waals surface area contributed by atoms with Gasteiger partial charge in [-0.1, -0.05) is 49.9 Å². The maximum Gasteiger partial charge on any atom is 0.303 e. The standard InChI is InChI=1S/C20H25NO2.C15H22O4S.CH3F/c1-3-8-16(10-5-4-6-12-20(22)23)21-19-14-13-17-15(2)9-7-11-18(17)19;1-3-13-8-12(2)9-14(10-13)19-11-15(16)4-6-20(17,18)7-5-15;1-2/h3,5,7-11,19,21H,1,4,6,12-14H2,2H3,(H,22,23);8-10,16H,3-7,11H2,1-2H3;1H3/b10-5-,16-8+;;. The molecule has 9 heteroatoms. The third-order valence-corrected chi connectivity index (χ3v) is 9.64. The average molecular weight is 644 g/mol. The topological polar surface area (TPSA) is 113 Å². The van der Waals surface area contributed by atoms with E-state index in [1.54, 1.807) is 6.08 Å². The highest BCUT2D eigenvalue weighted by molar-refractivity contribution is 7.91. The summed E-state index contributed by atoms with van der Waals surface area (Å²) in [5.41, 5.74) is 6.53. The van der Waals surface area contributed by atoms with Gasteiger partial charge in [0.05, 0.1) is 24.7 Å². The van der Waals surface area contributed by atoms with Gasteiger partial charge in [0, 0.05) is 12.1 Å². The second-order valence-corrected chi connectivity index (χ2v) is 13.9. The van der Waals surface area contributed by atoms with Crippen LogP contribution in [0.25, 0.3) is 0 Å². The molecule has 45 heavy (non-hydrogen) atoms. The minimum atomic E-state index is -2.97. The molecule has 0 saturated carbocycles. The van der Waals surface area contributed by atoms with Crippen LogP contribution in [0.15, 0.2) is 73.0 Å². The molecule has 1 atom stereocenters. The van der Waals surface area contributed by atoms with Crippen molar-refractivity contribution in [2.24, 2.45) is 0 Å².